The minimum absolute atomic E-state index is 0.00330. The number of aromatic nitrogens is 3. The number of hydrogen-bond acceptors (Lipinski definition) is 3. The van der Waals surface area contributed by atoms with E-state index >= 15 is 0 Å². The standard InChI is InChI=1S/C17H25N3O/c1-8-11-15(21)20(17(5,6)7)13-9-14(16(2,3)4)18-10-12(13)19-11/h9-10H,8H2,1-7H3. The highest BCUT2D eigenvalue weighted by molar-refractivity contribution is 5.74. The number of nitrogens with zero attached hydrogens (tertiary/aromatic N) is 3. The number of hydrogen-bond donors (Lipinski definition) is 0. The molecule has 0 fully saturated rings. The average Bonchev–Trinajstić information content (AvgIpc) is 2.34. The Morgan fingerprint density at radius 1 is 1.14 bits per heavy atom. The summed E-state index contributed by atoms with van der Waals surface area (Å²) in [5.74, 6) is 0. The van der Waals surface area contributed by atoms with Crippen LogP contribution in [0.2, 0.25) is 0 Å². The van der Waals surface area contributed by atoms with Gasteiger partial charge < -0.3 is 0 Å². The first-order valence-electron chi connectivity index (χ1n) is 7.48. The maximum Gasteiger partial charge on any atom is 0.273 e. The summed E-state index contributed by atoms with van der Waals surface area (Å²) in [6, 6.07) is 2.01. The van der Waals surface area contributed by atoms with Gasteiger partial charge >= 0.3 is 0 Å². The molecule has 0 unspecified atom stereocenters. The van der Waals surface area contributed by atoms with Crippen LogP contribution in [-0.2, 0) is 17.4 Å². The van der Waals surface area contributed by atoms with E-state index in [2.05, 4.69) is 30.7 Å². The normalized spacial score (nSPS) is 12.9. The molecule has 0 aromatic carbocycles. The summed E-state index contributed by atoms with van der Waals surface area (Å²) < 4.78 is 1.85. The Morgan fingerprint density at radius 3 is 2.24 bits per heavy atom. The van der Waals surface area contributed by atoms with Gasteiger partial charge in [-0.3, -0.25) is 14.3 Å². The second kappa shape index (κ2) is 4.93. The third-order valence-electron chi connectivity index (χ3n) is 3.58. The Morgan fingerprint density at radius 2 is 1.76 bits per heavy atom. The van der Waals surface area contributed by atoms with Crippen molar-refractivity contribution in [3.05, 3.63) is 34.0 Å². The summed E-state index contributed by atoms with van der Waals surface area (Å²) in [6.45, 7) is 14.5. The SMILES string of the molecule is CCc1nc2cnc(C(C)(C)C)cc2n(C(C)(C)C)c1=O. The van der Waals surface area contributed by atoms with E-state index in [-0.39, 0.29) is 16.5 Å². The number of fused-ring (bicyclic) bond motifs is 1. The van der Waals surface area contributed by atoms with Crippen LogP contribution in [0.3, 0.4) is 0 Å². The van der Waals surface area contributed by atoms with E-state index in [1.54, 1.807) is 6.20 Å². The molecule has 21 heavy (non-hydrogen) atoms. The van der Waals surface area contributed by atoms with Crippen LogP contribution in [0.1, 0.15) is 59.9 Å². The maximum absolute atomic E-state index is 12.7. The molecule has 4 nitrogen and oxygen atoms in total. The van der Waals surface area contributed by atoms with Crippen molar-refractivity contribution < 1.29 is 0 Å². The Bertz CT molecular complexity index is 730. The van der Waals surface area contributed by atoms with Crippen LogP contribution in [-0.4, -0.2) is 14.5 Å². The molecule has 4 heteroatoms. The molecule has 0 aliphatic carbocycles. The molecule has 2 aromatic rings. The van der Waals surface area contributed by atoms with Crippen LogP contribution >= 0.6 is 0 Å². The van der Waals surface area contributed by atoms with Gasteiger partial charge in [-0.1, -0.05) is 27.7 Å². The molecular weight excluding hydrogens is 262 g/mol. The van der Waals surface area contributed by atoms with Crippen LogP contribution in [0.5, 0.6) is 0 Å². The summed E-state index contributed by atoms with van der Waals surface area (Å²) in [5, 5.41) is 0. The van der Waals surface area contributed by atoms with E-state index in [1.807, 2.05) is 38.3 Å². The fraction of sp³-hybridized carbons (Fsp3) is 0.588. The summed E-state index contributed by atoms with van der Waals surface area (Å²) in [5.41, 5.74) is 2.87. The van der Waals surface area contributed by atoms with Crippen molar-refractivity contribution in [2.75, 3.05) is 0 Å². The predicted octanol–water partition coefficient (Wildman–Crippen LogP) is 3.41. The third kappa shape index (κ3) is 2.85. The smallest absolute Gasteiger partial charge is 0.273 e. The maximum atomic E-state index is 12.7. The lowest BCUT2D eigenvalue weighted by Gasteiger charge is -2.26. The summed E-state index contributed by atoms with van der Waals surface area (Å²) in [7, 11) is 0. The van der Waals surface area contributed by atoms with E-state index in [0.717, 1.165) is 16.7 Å². The Hall–Kier alpha value is -1.71. The van der Waals surface area contributed by atoms with Crippen LogP contribution in [0, 0.1) is 0 Å². The predicted molar refractivity (Wildman–Crippen MR) is 86.9 cm³/mol. The van der Waals surface area contributed by atoms with Crippen LogP contribution in [0.15, 0.2) is 17.1 Å². The molecule has 0 atom stereocenters. The summed E-state index contributed by atoms with van der Waals surface area (Å²) in [6.07, 6.45) is 2.42. The quantitative estimate of drug-likeness (QED) is 0.807. The molecule has 2 aromatic heterocycles. The molecule has 2 rings (SSSR count). The monoisotopic (exact) mass is 287 g/mol. The first-order chi connectivity index (χ1) is 9.55. The topological polar surface area (TPSA) is 47.8 Å². The summed E-state index contributed by atoms with van der Waals surface area (Å²) in [4.78, 5) is 21.7. The van der Waals surface area contributed by atoms with E-state index in [4.69, 9.17) is 0 Å². The zero-order chi connectivity index (χ0) is 16.0. The van der Waals surface area contributed by atoms with Crippen LogP contribution in [0.4, 0.5) is 0 Å². The lowest BCUT2D eigenvalue weighted by molar-refractivity contribution is 0.394. The number of rotatable bonds is 1. The zero-order valence-corrected chi connectivity index (χ0v) is 14.1. The van der Waals surface area contributed by atoms with Gasteiger partial charge in [0.2, 0.25) is 0 Å². The largest absolute Gasteiger partial charge is 0.300 e. The van der Waals surface area contributed by atoms with Gasteiger partial charge in [0, 0.05) is 16.6 Å². The molecule has 0 N–H and O–H groups in total. The lowest BCUT2D eigenvalue weighted by Crippen LogP contribution is -2.36. The van der Waals surface area contributed by atoms with Gasteiger partial charge in [0.25, 0.3) is 5.56 Å². The molecule has 0 spiro atoms. The number of aryl methyl sites for hydroxylation is 1. The van der Waals surface area contributed by atoms with Gasteiger partial charge in [0.15, 0.2) is 0 Å². The molecule has 0 radical (unpaired) electrons. The Balaban J connectivity index is 2.93. The number of pyridine rings is 1. The molecular formula is C17H25N3O. The van der Waals surface area contributed by atoms with Gasteiger partial charge in [0.05, 0.1) is 11.7 Å². The lowest BCUT2D eigenvalue weighted by atomic mass is 9.91. The molecule has 0 bridgehead atoms. The Kier molecular flexibility index (Phi) is 3.68. The van der Waals surface area contributed by atoms with E-state index in [1.165, 1.54) is 0 Å². The minimum Gasteiger partial charge on any atom is -0.300 e. The van der Waals surface area contributed by atoms with Gasteiger partial charge in [-0.2, -0.15) is 0 Å². The van der Waals surface area contributed by atoms with Gasteiger partial charge in [-0.15, -0.1) is 0 Å². The second-order valence-electron chi connectivity index (χ2n) is 7.53. The summed E-state index contributed by atoms with van der Waals surface area (Å²) >= 11 is 0. The van der Waals surface area contributed by atoms with Crippen molar-refractivity contribution in [1.29, 1.82) is 0 Å². The molecule has 0 aliphatic rings. The highest BCUT2D eigenvalue weighted by atomic mass is 16.1. The van der Waals surface area contributed by atoms with E-state index < -0.39 is 0 Å². The van der Waals surface area contributed by atoms with Crippen LogP contribution < -0.4 is 5.56 Å². The first kappa shape index (κ1) is 15.7. The van der Waals surface area contributed by atoms with Gasteiger partial charge in [-0.05, 0) is 33.3 Å². The molecule has 0 aliphatic heterocycles. The minimum atomic E-state index is -0.293. The van der Waals surface area contributed by atoms with Crippen molar-refractivity contribution in [1.82, 2.24) is 14.5 Å². The fourth-order valence-electron chi connectivity index (χ4n) is 2.44. The van der Waals surface area contributed by atoms with Crippen molar-refractivity contribution in [2.45, 2.75) is 65.8 Å². The Labute approximate surface area is 126 Å². The fourth-order valence-corrected chi connectivity index (χ4v) is 2.44. The highest BCUT2D eigenvalue weighted by Crippen LogP contribution is 2.25. The first-order valence-corrected chi connectivity index (χ1v) is 7.48. The van der Waals surface area contributed by atoms with Crippen molar-refractivity contribution in [3.63, 3.8) is 0 Å². The van der Waals surface area contributed by atoms with Crippen molar-refractivity contribution in [3.8, 4) is 0 Å². The molecule has 0 saturated heterocycles. The van der Waals surface area contributed by atoms with Crippen LogP contribution in [0.25, 0.3) is 11.0 Å². The van der Waals surface area contributed by atoms with E-state index in [0.29, 0.717) is 12.1 Å². The van der Waals surface area contributed by atoms with Crippen molar-refractivity contribution >= 4 is 11.0 Å². The zero-order valence-electron chi connectivity index (χ0n) is 14.1. The highest BCUT2D eigenvalue weighted by Gasteiger charge is 2.23. The molecule has 0 saturated carbocycles. The van der Waals surface area contributed by atoms with Gasteiger partial charge in [0.1, 0.15) is 11.2 Å². The average molecular weight is 287 g/mol. The second-order valence-corrected chi connectivity index (χ2v) is 7.53. The molecule has 0 amide bonds. The van der Waals surface area contributed by atoms with E-state index in [9.17, 15) is 4.79 Å². The molecule has 2 heterocycles. The van der Waals surface area contributed by atoms with Gasteiger partial charge in [-0.25, -0.2) is 4.98 Å². The third-order valence-corrected chi connectivity index (χ3v) is 3.58. The van der Waals surface area contributed by atoms with Crippen molar-refractivity contribution in [2.24, 2.45) is 0 Å². The molecule has 114 valence electrons.